The highest BCUT2D eigenvalue weighted by atomic mass is 16.5. The fourth-order valence-electron chi connectivity index (χ4n) is 3.15. The van der Waals surface area contributed by atoms with Crippen molar-refractivity contribution in [1.82, 2.24) is 9.80 Å². The van der Waals surface area contributed by atoms with Crippen molar-refractivity contribution in [2.45, 2.75) is 37.9 Å². The molecule has 0 bridgehead atoms. The van der Waals surface area contributed by atoms with Crippen LogP contribution in [0.15, 0.2) is 0 Å². The summed E-state index contributed by atoms with van der Waals surface area (Å²) in [6.07, 6.45) is 2.11. The average molecular weight is 242 g/mol. The van der Waals surface area contributed by atoms with Crippen molar-refractivity contribution in [3.63, 3.8) is 0 Å². The van der Waals surface area contributed by atoms with Gasteiger partial charge < -0.3 is 10.1 Å². The molecule has 5 heteroatoms. The lowest BCUT2D eigenvalue weighted by molar-refractivity contribution is -0.678. The summed E-state index contributed by atoms with van der Waals surface area (Å²) in [6.45, 7) is 5.43. The lowest BCUT2D eigenvalue weighted by atomic mass is 9.94. The van der Waals surface area contributed by atoms with Crippen LogP contribution in [0.1, 0.15) is 19.8 Å². The summed E-state index contributed by atoms with van der Waals surface area (Å²) in [4.78, 5) is 16.4. The fraction of sp³-hybridized carbons (Fsp3) is 0.917. The van der Waals surface area contributed by atoms with Gasteiger partial charge >= 0.3 is 5.97 Å². The Bertz CT molecular complexity index is 285. The van der Waals surface area contributed by atoms with Gasteiger partial charge in [0.05, 0.1) is 13.2 Å². The number of nitrogens with two attached hydrogens (primary N) is 1. The maximum absolute atomic E-state index is 11.7. The largest absolute Gasteiger partial charge is 0.468 e. The first kappa shape index (κ1) is 12.8. The molecule has 0 aromatic carbocycles. The summed E-state index contributed by atoms with van der Waals surface area (Å²) < 4.78 is 4.87. The van der Waals surface area contributed by atoms with Gasteiger partial charge in [-0.2, -0.15) is 0 Å². The van der Waals surface area contributed by atoms with Crippen LogP contribution in [-0.4, -0.2) is 67.8 Å². The van der Waals surface area contributed by atoms with Gasteiger partial charge in [-0.1, -0.05) is 6.92 Å². The third-order valence-corrected chi connectivity index (χ3v) is 4.09. The number of ether oxygens (including phenoxy) is 1. The van der Waals surface area contributed by atoms with E-state index in [0.717, 1.165) is 26.2 Å². The summed E-state index contributed by atoms with van der Waals surface area (Å²) in [7, 11) is 3.50. The van der Waals surface area contributed by atoms with Gasteiger partial charge in [0, 0.05) is 19.5 Å². The van der Waals surface area contributed by atoms with Crippen molar-refractivity contribution < 1.29 is 14.8 Å². The van der Waals surface area contributed by atoms with E-state index in [1.807, 2.05) is 7.05 Å². The van der Waals surface area contributed by atoms with Gasteiger partial charge in [-0.25, -0.2) is 4.90 Å². The molecule has 0 saturated carbocycles. The van der Waals surface area contributed by atoms with E-state index in [0.29, 0.717) is 12.1 Å². The summed E-state index contributed by atoms with van der Waals surface area (Å²) in [5.74, 6) is -0.0895. The summed E-state index contributed by atoms with van der Waals surface area (Å²) in [5, 5.41) is 2.38. The molecule has 0 aliphatic carbocycles. The molecule has 2 unspecified atom stereocenters. The Morgan fingerprint density at radius 1 is 1.53 bits per heavy atom. The molecule has 2 fully saturated rings. The van der Waals surface area contributed by atoms with Gasteiger partial charge in [0.1, 0.15) is 18.8 Å². The van der Waals surface area contributed by atoms with Gasteiger partial charge in [-0.05, 0) is 13.5 Å². The number of hydrogen-bond acceptors (Lipinski definition) is 4. The minimum absolute atomic E-state index is 0.0564. The molecule has 2 aliphatic heterocycles. The van der Waals surface area contributed by atoms with Crippen molar-refractivity contribution in [1.29, 1.82) is 0 Å². The van der Waals surface area contributed by atoms with Crippen LogP contribution in [0, 0.1) is 0 Å². The number of nitrogens with zero attached hydrogens (tertiary/aromatic N) is 2. The molecule has 2 saturated heterocycles. The first-order chi connectivity index (χ1) is 8.17. The summed E-state index contributed by atoms with van der Waals surface area (Å²) >= 11 is 0. The van der Waals surface area contributed by atoms with Gasteiger partial charge in [-0.3, -0.25) is 9.69 Å². The van der Waals surface area contributed by atoms with Crippen molar-refractivity contribution in [3.05, 3.63) is 0 Å². The van der Waals surface area contributed by atoms with E-state index in [1.165, 1.54) is 13.5 Å². The van der Waals surface area contributed by atoms with Crippen molar-refractivity contribution in [2.75, 3.05) is 33.9 Å². The van der Waals surface area contributed by atoms with E-state index < -0.39 is 0 Å². The molecule has 2 heterocycles. The van der Waals surface area contributed by atoms with E-state index in [9.17, 15) is 4.79 Å². The normalized spacial score (nSPS) is 34.6. The van der Waals surface area contributed by atoms with Crippen molar-refractivity contribution >= 4 is 5.97 Å². The quantitative estimate of drug-likeness (QED) is 0.635. The van der Waals surface area contributed by atoms with Gasteiger partial charge in [-0.15, -0.1) is 0 Å². The van der Waals surface area contributed by atoms with E-state index in [2.05, 4.69) is 22.0 Å². The number of likely N-dealkylation sites (N-methyl/N-ethyl adjacent to an activating group) is 1. The van der Waals surface area contributed by atoms with Gasteiger partial charge in [0.2, 0.25) is 0 Å². The molecule has 2 N–H and O–H groups in total. The molecule has 0 aromatic heterocycles. The Hall–Kier alpha value is -0.650. The van der Waals surface area contributed by atoms with Crippen LogP contribution in [0.2, 0.25) is 0 Å². The number of quaternary nitrogens is 1. The third-order valence-electron chi connectivity index (χ3n) is 4.09. The Morgan fingerprint density at radius 3 is 2.94 bits per heavy atom. The number of piperidine rings is 1. The van der Waals surface area contributed by atoms with E-state index in [4.69, 9.17) is 4.74 Å². The van der Waals surface area contributed by atoms with Crippen LogP contribution in [0.25, 0.3) is 0 Å². The number of fused-ring (bicyclic) bond motifs is 1. The zero-order chi connectivity index (χ0) is 12.4. The lowest BCUT2D eigenvalue weighted by Gasteiger charge is -2.37. The Labute approximate surface area is 103 Å². The molecule has 0 amide bonds. The van der Waals surface area contributed by atoms with Crippen LogP contribution in [-0.2, 0) is 9.53 Å². The average Bonchev–Trinajstić information content (AvgIpc) is 2.70. The standard InChI is InChI=1S/C12H23N3O2/c1-4-5-15-8-13-9-6-10(12(16)17-3)14(2)7-11(9)15/h9-11,13H,4-8H2,1-3H3/p+1/t9?,10-,11?/m0/s1. The minimum Gasteiger partial charge on any atom is -0.468 e. The monoisotopic (exact) mass is 242 g/mol. The molecule has 0 spiro atoms. The summed E-state index contributed by atoms with van der Waals surface area (Å²) in [6, 6.07) is 1.10. The number of rotatable bonds is 3. The van der Waals surface area contributed by atoms with E-state index >= 15 is 0 Å². The van der Waals surface area contributed by atoms with Gasteiger partial charge in [0.15, 0.2) is 0 Å². The molecule has 0 aromatic rings. The van der Waals surface area contributed by atoms with Crippen LogP contribution >= 0.6 is 0 Å². The topological polar surface area (TPSA) is 49.4 Å². The second kappa shape index (κ2) is 5.33. The van der Waals surface area contributed by atoms with Gasteiger partial charge in [0.25, 0.3) is 0 Å². The molecule has 2 aliphatic rings. The molecule has 98 valence electrons. The molecule has 17 heavy (non-hydrogen) atoms. The number of carbonyl (C=O) groups is 1. The number of methoxy groups -OCH3 is 1. The maximum Gasteiger partial charge on any atom is 0.323 e. The highest BCUT2D eigenvalue weighted by molar-refractivity contribution is 5.75. The lowest BCUT2D eigenvalue weighted by Crippen LogP contribution is -2.89. The molecule has 5 nitrogen and oxygen atoms in total. The van der Waals surface area contributed by atoms with Crippen LogP contribution in [0.5, 0.6) is 0 Å². The second-order valence-electron chi connectivity index (χ2n) is 5.18. The van der Waals surface area contributed by atoms with Crippen molar-refractivity contribution in [3.8, 4) is 0 Å². The van der Waals surface area contributed by atoms with E-state index in [-0.39, 0.29) is 12.0 Å². The highest BCUT2D eigenvalue weighted by Crippen LogP contribution is 2.21. The molecular formula is C12H24N3O2+. The number of esters is 1. The molecular weight excluding hydrogens is 218 g/mol. The van der Waals surface area contributed by atoms with Crippen LogP contribution in [0.3, 0.4) is 0 Å². The first-order valence-electron chi connectivity index (χ1n) is 6.52. The molecule has 3 atom stereocenters. The smallest absolute Gasteiger partial charge is 0.323 e. The Morgan fingerprint density at radius 2 is 2.29 bits per heavy atom. The predicted octanol–water partition coefficient (Wildman–Crippen LogP) is -1.15. The number of carbonyl (C=O) groups excluding carboxylic acids is 1. The Kier molecular flexibility index (Phi) is 4.01. The van der Waals surface area contributed by atoms with Crippen LogP contribution in [0.4, 0.5) is 0 Å². The zero-order valence-electron chi connectivity index (χ0n) is 11.1. The van der Waals surface area contributed by atoms with E-state index in [1.54, 1.807) is 0 Å². The number of likely N-dealkylation sites (tertiary alicyclic amines) is 1. The first-order valence-corrected chi connectivity index (χ1v) is 6.52. The molecule has 2 rings (SSSR count). The number of hydrogen-bond donors (Lipinski definition) is 1. The SMILES string of the molecule is CCCN1C[NH2+]C2C[C@@H](C(=O)OC)N(C)CC21. The highest BCUT2D eigenvalue weighted by Gasteiger charge is 2.46. The third kappa shape index (κ3) is 2.46. The maximum atomic E-state index is 11.7. The molecule has 0 radical (unpaired) electrons. The summed E-state index contributed by atoms with van der Waals surface area (Å²) in [5.41, 5.74) is 0. The van der Waals surface area contributed by atoms with Crippen LogP contribution < -0.4 is 5.32 Å². The minimum atomic E-state index is -0.0895. The zero-order valence-corrected chi connectivity index (χ0v) is 11.1. The van der Waals surface area contributed by atoms with Crippen molar-refractivity contribution in [2.24, 2.45) is 0 Å². The second-order valence-corrected chi connectivity index (χ2v) is 5.18. The predicted molar refractivity (Wildman–Crippen MR) is 64.4 cm³/mol. The fourth-order valence-corrected chi connectivity index (χ4v) is 3.15. The Balaban J connectivity index is 2.00.